The van der Waals surface area contributed by atoms with Gasteiger partial charge in [0.25, 0.3) is 0 Å². The Morgan fingerprint density at radius 2 is 1.60 bits per heavy atom. The van der Waals surface area contributed by atoms with E-state index in [0.717, 1.165) is 11.3 Å². The molecule has 0 radical (unpaired) electrons. The van der Waals surface area contributed by atoms with Gasteiger partial charge in [-0.25, -0.2) is 0 Å². The van der Waals surface area contributed by atoms with Gasteiger partial charge in [-0.05, 0) is 24.3 Å². The van der Waals surface area contributed by atoms with Gasteiger partial charge in [0.2, 0.25) is 0 Å². The molecular formula is C16H17Cl2NO. The summed E-state index contributed by atoms with van der Waals surface area (Å²) in [4.78, 5) is 0. The van der Waals surface area contributed by atoms with Crippen molar-refractivity contribution in [1.82, 2.24) is 5.32 Å². The predicted molar refractivity (Wildman–Crippen MR) is 85.0 cm³/mol. The van der Waals surface area contributed by atoms with Gasteiger partial charge in [0.05, 0.1) is 5.02 Å². The maximum atomic E-state index is 6.27. The van der Waals surface area contributed by atoms with Crippen molar-refractivity contribution in [3.05, 3.63) is 58.1 Å². The zero-order valence-corrected chi connectivity index (χ0v) is 13.0. The number of ether oxygens (including phenoxy) is 1. The Labute approximate surface area is 129 Å². The molecule has 20 heavy (non-hydrogen) atoms. The van der Waals surface area contributed by atoms with Gasteiger partial charge in [0, 0.05) is 23.2 Å². The molecule has 0 saturated carbocycles. The van der Waals surface area contributed by atoms with Crippen molar-refractivity contribution in [2.75, 3.05) is 0 Å². The maximum Gasteiger partial charge on any atom is 0.146 e. The molecule has 0 amide bonds. The Morgan fingerprint density at radius 1 is 0.950 bits per heavy atom. The van der Waals surface area contributed by atoms with E-state index in [1.54, 1.807) is 6.07 Å². The minimum absolute atomic E-state index is 0.374. The Kier molecular flexibility index (Phi) is 5.30. The van der Waals surface area contributed by atoms with E-state index in [-0.39, 0.29) is 0 Å². The Balaban J connectivity index is 2.27. The molecule has 0 bridgehead atoms. The molecule has 0 aliphatic heterocycles. The summed E-state index contributed by atoms with van der Waals surface area (Å²) >= 11 is 12.4. The van der Waals surface area contributed by atoms with Crippen LogP contribution in [0.1, 0.15) is 19.4 Å². The number of hydrogen-bond donors (Lipinski definition) is 1. The molecule has 2 nitrogen and oxygen atoms in total. The number of rotatable bonds is 5. The highest BCUT2D eigenvalue weighted by Gasteiger charge is 2.11. The standard InChI is InChI=1S/C16H17Cl2NO/c1-11(2)19-10-12-13(17)7-5-9-15(12)20-16-8-4-3-6-14(16)18/h3-9,11,19H,10H2,1-2H3. The zero-order chi connectivity index (χ0) is 14.5. The van der Waals surface area contributed by atoms with Crippen LogP contribution in [-0.4, -0.2) is 6.04 Å². The third kappa shape index (κ3) is 3.89. The first-order chi connectivity index (χ1) is 9.58. The van der Waals surface area contributed by atoms with Gasteiger partial charge in [-0.15, -0.1) is 0 Å². The van der Waals surface area contributed by atoms with Gasteiger partial charge in [0.1, 0.15) is 11.5 Å². The van der Waals surface area contributed by atoms with Crippen molar-refractivity contribution in [2.24, 2.45) is 0 Å². The van der Waals surface area contributed by atoms with E-state index in [2.05, 4.69) is 19.2 Å². The molecule has 106 valence electrons. The predicted octanol–water partition coefficient (Wildman–Crippen LogP) is 5.28. The molecule has 0 spiro atoms. The lowest BCUT2D eigenvalue weighted by atomic mass is 10.2. The summed E-state index contributed by atoms with van der Waals surface area (Å²) in [5.74, 6) is 1.35. The molecule has 2 aromatic rings. The molecule has 4 heteroatoms. The number of halogens is 2. The van der Waals surface area contributed by atoms with E-state index in [9.17, 15) is 0 Å². The highest BCUT2D eigenvalue weighted by atomic mass is 35.5. The molecule has 0 aromatic heterocycles. The quantitative estimate of drug-likeness (QED) is 0.811. The SMILES string of the molecule is CC(C)NCc1c(Cl)cccc1Oc1ccccc1Cl. The minimum atomic E-state index is 0.374. The number of nitrogens with one attached hydrogen (secondary N) is 1. The summed E-state index contributed by atoms with van der Waals surface area (Å²) in [6, 6.07) is 13.4. The maximum absolute atomic E-state index is 6.27. The average molecular weight is 310 g/mol. The highest BCUT2D eigenvalue weighted by Crippen LogP contribution is 2.33. The van der Waals surface area contributed by atoms with Gasteiger partial charge in [-0.3, -0.25) is 0 Å². The Bertz CT molecular complexity index is 584. The fourth-order valence-corrected chi connectivity index (χ4v) is 2.17. The van der Waals surface area contributed by atoms with Crippen molar-refractivity contribution in [3.63, 3.8) is 0 Å². The van der Waals surface area contributed by atoms with Gasteiger partial charge >= 0.3 is 0 Å². The molecular weight excluding hydrogens is 293 g/mol. The third-order valence-electron chi connectivity index (χ3n) is 2.82. The second-order valence-corrected chi connectivity index (χ2v) is 5.60. The molecule has 0 fully saturated rings. The van der Waals surface area contributed by atoms with Crippen LogP contribution in [-0.2, 0) is 6.54 Å². The van der Waals surface area contributed by atoms with E-state index in [0.29, 0.717) is 28.4 Å². The minimum Gasteiger partial charge on any atom is -0.455 e. The van der Waals surface area contributed by atoms with Gasteiger partial charge < -0.3 is 10.1 Å². The fourth-order valence-electron chi connectivity index (χ4n) is 1.76. The molecule has 1 N–H and O–H groups in total. The number of benzene rings is 2. The fraction of sp³-hybridized carbons (Fsp3) is 0.250. The largest absolute Gasteiger partial charge is 0.455 e. The van der Waals surface area contributed by atoms with Crippen LogP contribution in [0, 0.1) is 0 Å². The lowest BCUT2D eigenvalue weighted by Crippen LogP contribution is -2.22. The number of para-hydroxylation sites is 1. The Morgan fingerprint density at radius 3 is 2.30 bits per heavy atom. The van der Waals surface area contributed by atoms with E-state index in [1.807, 2.05) is 36.4 Å². The summed E-state index contributed by atoms with van der Waals surface area (Å²) in [6.07, 6.45) is 0. The summed E-state index contributed by atoms with van der Waals surface area (Å²) < 4.78 is 5.90. The second-order valence-electron chi connectivity index (χ2n) is 4.78. The lowest BCUT2D eigenvalue weighted by molar-refractivity contribution is 0.470. The van der Waals surface area contributed by atoms with Crippen molar-refractivity contribution in [1.29, 1.82) is 0 Å². The van der Waals surface area contributed by atoms with E-state index >= 15 is 0 Å². The van der Waals surface area contributed by atoms with Crippen LogP contribution in [0.15, 0.2) is 42.5 Å². The first-order valence-corrected chi connectivity index (χ1v) is 7.26. The first kappa shape index (κ1) is 15.2. The van der Waals surface area contributed by atoms with Gasteiger partial charge in [-0.1, -0.05) is 55.2 Å². The molecule has 0 heterocycles. The summed E-state index contributed by atoms with van der Waals surface area (Å²) in [5, 5.41) is 4.61. The van der Waals surface area contributed by atoms with Crippen molar-refractivity contribution in [2.45, 2.75) is 26.4 Å². The van der Waals surface area contributed by atoms with E-state index in [1.165, 1.54) is 0 Å². The van der Waals surface area contributed by atoms with Crippen LogP contribution in [0.5, 0.6) is 11.5 Å². The lowest BCUT2D eigenvalue weighted by Gasteiger charge is -2.15. The van der Waals surface area contributed by atoms with Crippen LogP contribution in [0.2, 0.25) is 10.0 Å². The third-order valence-corrected chi connectivity index (χ3v) is 3.49. The summed E-state index contributed by atoms with van der Waals surface area (Å²) in [5.41, 5.74) is 0.933. The molecule has 0 saturated heterocycles. The van der Waals surface area contributed by atoms with Crippen LogP contribution >= 0.6 is 23.2 Å². The molecule has 0 unspecified atom stereocenters. The average Bonchev–Trinajstić information content (AvgIpc) is 2.40. The highest BCUT2D eigenvalue weighted by molar-refractivity contribution is 6.32. The summed E-state index contributed by atoms with van der Waals surface area (Å²) in [6.45, 7) is 4.83. The van der Waals surface area contributed by atoms with E-state index < -0.39 is 0 Å². The van der Waals surface area contributed by atoms with Crippen LogP contribution in [0.4, 0.5) is 0 Å². The van der Waals surface area contributed by atoms with Gasteiger partial charge in [-0.2, -0.15) is 0 Å². The van der Waals surface area contributed by atoms with Crippen molar-refractivity contribution >= 4 is 23.2 Å². The zero-order valence-electron chi connectivity index (χ0n) is 11.5. The Hall–Kier alpha value is -1.22. The first-order valence-electron chi connectivity index (χ1n) is 6.51. The number of hydrogen-bond acceptors (Lipinski definition) is 2. The summed E-state index contributed by atoms with van der Waals surface area (Å²) in [7, 11) is 0. The molecule has 0 atom stereocenters. The second kappa shape index (κ2) is 6.98. The van der Waals surface area contributed by atoms with Crippen LogP contribution in [0.25, 0.3) is 0 Å². The van der Waals surface area contributed by atoms with Crippen molar-refractivity contribution in [3.8, 4) is 11.5 Å². The topological polar surface area (TPSA) is 21.3 Å². The molecule has 2 rings (SSSR count). The van der Waals surface area contributed by atoms with E-state index in [4.69, 9.17) is 27.9 Å². The van der Waals surface area contributed by atoms with Crippen LogP contribution < -0.4 is 10.1 Å². The molecule has 0 aliphatic carbocycles. The molecule has 0 aliphatic rings. The monoisotopic (exact) mass is 309 g/mol. The van der Waals surface area contributed by atoms with Crippen molar-refractivity contribution < 1.29 is 4.74 Å². The van der Waals surface area contributed by atoms with Crippen LogP contribution in [0.3, 0.4) is 0 Å². The normalized spacial score (nSPS) is 10.8. The molecule has 2 aromatic carbocycles. The van der Waals surface area contributed by atoms with Gasteiger partial charge in [0.15, 0.2) is 0 Å². The smallest absolute Gasteiger partial charge is 0.146 e.